The van der Waals surface area contributed by atoms with Gasteiger partial charge < -0.3 is 10.0 Å². The van der Waals surface area contributed by atoms with Gasteiger partial charge in [-0.1, -0.05) is 0 Å². The summed E-state index contributed by atoms with van der Waals surface area (Å²) in [5.41, 5.74) is 3.20. The average Bonchev–Trinajstić information content (AvgIpc) is 3.20. The molecule has 25 heavy (non-hydrogen) atoms. The first kappa shape index (κ1) is 17.1. The molecule has 0 aliphatic carbocycles. The van der Waals surface area contributed by atoms with Gasteiger partial charge in [-0.05, 0) is 49.9 Å². The second kappa shape index (κ2) is 7.04. The molecule has 132 valence electrons. The van der Waals surface area contributed by atoms with Crippen LogP contribution in [0, 0.1) is 6.92 Å². The molecular weight excluding hydrogens is 320 g/mol. The number of carboxylic acid groups (broad SMARTS) is 1. The summed E-state index contributed by atoms with van der Waals surface area (Å²) in [5, 5.41) is 13.0. The molecule has 0 bridgehead atoms. The van der Waals surface area contributed by atoms with Crippen molar-refractivity contribution in [2.24, 2.45) is 7.05 Å². The normalized spacial score (nSPS) is 17.0. The van der Waals surface area contributed by atoms with Crippen molar-refractivity contribution in [1.82, 2.24) is 19.7 Å². The Labute approximate surface area is 146 Å². The minimum atomic E-state index is -0.815. The third-order valence-corrected chi connectivity index (χ3v) is 4.56. The molecule has 1 N–H and O–H groups in total. The Balaban J connectivity index is 1.86. The maximum absolute atomic E-state index is 12.9. The van der Waals surface area contributed by atoms with Crippen molar-refractivity contribution in [3.8, 4) is 0 Å². The van der Waals surface area contributed by atoms with Gasteiger partial charge in [0.25, 0.3) is 5.91 Å². The predicted octanol–water partition coefficient (Wildman–Crippen LogP) is 2.12. The van der Waals surface area contributed by atoms with Gasteiger partial charge in [0.05, 0.1) is 11.7 Å². The van der Waals surface area contributed by atoms with Crippen LogP contribution in [0.2, 0.25) is 0 Å². The van der Waals surface area contributed by atoms with E-state index in [1.165, 1.54) is 0 Å². The van der Waals surface area contributed by atoms with Gasteiger partial charge in [-0.15, -0.1) is 0 Å². The molecule has 3 heterocycles. The van der Waals surface area contributed by atoms with Crippen LogP contribution in [0.1, 0.15) is 52.7 Å². The van der Waals surface area contributed by atoms with E-state index in [0.717, 1.165) is 29.8 Å². The van der Waals surface area contributed by atoms with Gasteiger partial charge in [-0.3, -0.25) is 19.3 Å². The highest BCUT2D eigenvalue weighted by Gasteiger charge is 2.32. The summed E-state index contributed by atoms with van der Waals surface area (Å²) in [6.45, 7) is 2.59. The number of rotatable bonds is 5. The molecule has 0 saturated carbocycles. The number of carbonyl (C=O) groups excluding carboxylic acids is 1. The lowest BCUT2D eigenvalue weighted by Crippen LogP contribution is -2.32. The van der Waals surface area contributed by atoms with E-state index in [9.17, 15) is 9.59 Å². The van der Waals surface area contributed by atoms with Crippen LogP contribution in [0.25, 0.3) is 0 Å². The first-order valence-corrected chi connectivity index (χ1v) is 8.44. The second-order valence-corrected chi connectivity index (χ2v) is 6.43. The molecule has 1 amide bonds. The molecule has 1 saturated heterocycles. The number of nitrogens with zero attached hydrogens (tertiary/aromatic N) is 4. The van der Waals surface area contributed by atoms with Crippen molar-refractivity contribution < 1.29 is 14.7 Å². The Morgan fingerprint density at radius 3 is 2.84 bits per heavy atom. The number of hydrogen-bond acceptors (Lipinski definition) is 4. The van der Waals surface area contributed by atoms with Gasteiger partial charge in [-0.25, -0.2) is 0 Å². The minimum absolute atomic E-state index is 0.0436. The molecule has 2 aromatic rings. The van der Waals surface area contributed by atoms with Crippen LogP contribution in [0.3, 0.4) is 0 Å². The van der Waals surface area contributed by atoms with Crippen LogP contribution in [-0.2, 0) is 18.3 Å². The summed E-state index contributed by atoms with van der Waals surface area (Å²) in [6.07, 6.45) is 3.96. The van der Waals surface area contributed by atoms with E-state index in [4.69, 9.17) is 5.11 Å². The smallest absolute Gasteiger partial charge is 0.303 e. The standard InChI is InChI=1S/C18H22N4O3/c1-12-10-13(5-6-17(23)24)11-14(20-12)15-4-3-9-22(15)18(25)16-7-8-19-21(16)2/h7-8,10-11,15H,3-6,9H2,1-2H3,(H,23,24). The van der Waals surface area contributed by atoms with Gasteiger partial charge >= 0.3 is 5.97 Å². The zero-order valence-electron chi connectivity index (χ0n) is 14.5. The molecule has 2 aromatic heterocycles. The molecule has 1 unspecified atom stereocenters. The molecule has 7 nitrogen and oxygen atoms in total. The van der Waals surface area contributed by atoms with E-state index in [-0.39, 0.29) is 18.4 Å². The van der Waals surface area contributed by atoms with Gasteiger partial charge in [-0.2, -0.15) is 5.10 Å². The summed E-state index contributed by atoms with van der Waals surface area (Å²) in [6, 6.07) is 5.50. The largest absolute Gasteiger partial charge is 0.481 e. The van der Waals surface area contributed by atoms with E-state index >= 15 is 0 Å². The molecule has 3 rings (SSSR count). The summed E-state index contributed by atoms with van der Waals surface area (Å²) in [7, 11) is 1.76. The fraction of sp³-hybridized carbons (Fsp3) is 0.444. The van der Waals surface area contributed by atoms with Gasteiger partial charge in [0.2, 0.25) is 0 Å². The maximum Gasteiger partial charge on any atom is 0.303 e. The minimum Gasteiger partial charge on any atom is -0.481 e. The van der Waals surface area contributed by atoms with E-state index in [0.29, 0.717) is 18.7 Å². The van der Waals surface area contributed by atoms with E-state index < -0.39 is 5.97 Å². The number of amides is 1. The first-order chi connectivity index (χ1) is 12.0. The van der Waals surface area contributed by atoms with E-state index in [2.05, 4.69) is 10.1 Å². The molecule has 1 aliphatic rings. The van der Waals surface area contributed by atoms with Crippen LogP contribution in [0.4, 0.5) is 0 Å². The van der Waals surface area contributed by atoms with Crippen LogP contribution < -0.4 is 0 Å². The van der Waals surface area contributed by atoms with Crippen LogP contribution in [-0.4, -0.2) is 43.2 Å². The molecule has 0 radical (unpaired) electrons. The van der Waals surface area contributed by atoms with Crippen molar-refractivity contribution >= 4 is 11.9 Å². The fourth-order valence-corrected chi connectivity index (χ4v) is 3.38. The van der Waals surface area contributed by atoms with Crippen molar-refractivity contribution in [3.05, 3.63) is 47.0 Å². The molecule has 0 spiro atoms. The Morgan fingerprint density at radius 1 is 1.36 bits per heavy atom. The van der Waals surface area contributed by atoms with Crippen molar-refractivity contribution in [2.75, 3.05) is 6.54 Å². The highest BCUT2D eigenvalue weighted by molar-refractivity contribution is 5.93. The number of likely N-dealkylation sites (tertiary alicyclic amines) is 1. The molecule has 1 atom stereocenters. The molecule has 1 fully saturated rings. The Hall–Kier alpha value is -2.70. The molecular formula is C18H22N4O3. The third kappa shape index (κ3) is 3.70. The topological polar surface area (TPSA) is 88.3 Å². The summed E-state index contributed by atoms with van der Waals surface area (Å²) in [4.78, 5) is 30.1. The quantitative estimate of drug-likeness (QED) is 0.899. The van der Waals surface area contributed by atoms with Crippen molar-refractivity contribution in [3.63, 3.8) is 0 Å². The van der Waals surface area contributed by atoms with Crippen LogP contribution in [0.5, 0.6) is 0 Å². The Bertz CT molecular complexity index is 799. The lowest BCUT2D eigenvalue weighted by atomic mass is 10.0. The number of aliphatic carboxylic acids is 1. The van der Waals surface area contributed by atoms with E-state index in [1.807, 2.05) is 24.0 Å². The van der Waals surface area contributed by atoms with E-state index in [1.54, 1.807) is 24.0 Å². The number of aromatic nitrogens is 3. The zero-order valence-corrected chi connectivity index (χ0v) is 14.5. The molecule has 7 heteroatoms. The predicted molar refractivity (Wildman–Crippen MR) is 91.2 cm³/mol. The number of pyridine rings is 1. The molecule has 0 aromatic carbocycles. The lowest BCUT2D eigenvalue weighted by molar-refractivity contribution is -0.136. The Morgan fingerprint density at radius 2 is 2.16 bits per heavy atom. The summed E-state index contributed by atoms with van der Waals surface area (Å²) < 4.78 is 1.58. The zero-order chi connectivity index (χ0) is 18.0. The van der Waals surface area contributed by atoms with Crippen LogP contribution >= 0.6 is 0 Å². The highest BCUT2D eigenvalue weighted by Crippen LogP contribution is 2.32. The summed E-state index contributed by atoms with van der Waals surface area (Å²) >= 11 is 0. The lowest BCUT2D eigenvalue weighted by Gasteiger charge is -2.25. The van der Waals surface area contributed by atoms with Gasteiger partial charge in [0, 0.05) is 31.9 Å². The van der Waals surface area contributed by atoms with Crippen molar-refractivity contribution in [2.45, 2.75) is 38.6 Å². The first-order valence-electron chi connectivity index (χ1n) is 8.44. The Kier molecular flexibility index (Phi) is 4.83. The molecule has 1 aliphatic heterocycles. The number of aryl methyl sites for hydroxylation is 3. The van der Waals surface area contributed by atoms with Crippen molar-refractivity contribution in [1.29, 1.82) is 0 Å². The number of carbonyl (C=O) groups is 2. The van der Waals surface area contributed by atoms with Crippen LogP contribution in [0.15, 0.2) is 24.4 Å². The average molecular weight is 342 g/mol. The number of hydrogen-bond donors (Lipinski definition) is 1. The third-order valence-electron chi connectivity index (χ3n) is 4.56. The fourth-order valence-electron chi connectivity index (χ4n) is 3.38. The second-order valence-electron chi connectivity index (χ2n) is 6.43. The monoisotopic (exact) mass is 342 g/mol. The van der Waals surface area contributed by atoms with Gasteiger partial charge in [0.1, 0.15) is 5.69 Å². The SMILES string of the molecule is Cc1cc(CCC(=O)O)cc(C2CCCN2C(=O)c2ccnn2C)n1. The summed E-state index contributed by atoms with van der Waals surface area (Å²) in [5.74, 6) is -0.859. The number of carboxylic acids is 1. The van der Waals surface area contributed by atoms with Gasteiger partial charge in [0.15, 0.2) is 0 Å². The highest BCUT2D eigenvalue weighted by atomic mass is 16.4. The maximum atomic E-state index is 12.9.